The average Bonchev–Trinajstić information content (AvgIpc) is 2.51. The minimum absolute atomic E-state index is 0.191. The topological polar surface area (TPSA) is 55.5 Å². The van der Waals surface area contributed by atoms with Crippen LogP contribution in [-0.4, -0.2) is 18.8 Å². The second-order valence-corrected chi connectivity index (χ2v) is 5.37. The molecule has 2 unspecified atom stereocenters. The van der Waals surface area contributed by atoms with E-state index in [0.29, 0.717) is 6.54 Å². The fourth-order valence-electron chi connectivity index (χ4n) is 2.58. The minimum atomic E-state index is -0.648. The highest BCUT2D eigenvalue weighted by atomic mass is 16.5. The van der Waals surface area contributed by atoms with Crippen LogP contribution >= 0.6 is 0 Å². The van der Waals surface area contributed by atoms with Crippen LogP contribution in [0.4, 0.5) is 0 Å². The van der Waals surface area contributed by atoms with E-state index in [1.165, 1.54) is 11.1 Å². The quantitative estimate of drug-likeness (QED) is 0.887. The SMILES string of the molecule is COc1ccccc1C(CN)C(O)c1ccc(C)c(C)c1. The van der Waals surface area contributed by atoms with Gasteiger partial charge in [0.1, 0.15) is 5.75 Å². The van der Waals surface area contributed by atoms with Crippen LogP contribution in [0.2, 0.25) is 0 Å². The highest BCUT2D eigenvalue weighted by Gasteiger charge is 2.24. The average molecular weight is 285 g/mol. The number of methoxy groups -OCH3 is 1. The number of aryl methyl sites for hydroxylation is 2. The first-order valence-corrected chi connectivity index (χ1v) is 7.16. The van der Waals surface area contributed by atoms with Gasteiger partial charge < -0.3 is 15.6 Å². The Labute approximate surface area is 126 Å². The van der Waals surface area contributed by atoms with E-state index < -0.39 is 6.10 Å². The number of aliphatic hydroxyl groups excluding tert-OH is 1. The maximum atomic E-state index is 10.7. The van der Waals surface area contributed by atoms with Crippen LogP contribution in [0.15, 0.2) is 42.5 Å². The van der Waals surface area contributed by atoms with Gasteiger partial charge in [0.15, 0.2) is 0 Å². The molecule has 0 bridgehead atoms. The number of para-hydroxylation sites is 1. The van der Waals surface area contributed by atoms with E-state index in [-0.39, 0.29) is 5.92 Å². The van der Waals surface area contributed by atoms with E-state index in [2.05, 4.69) is 6.92 Å². The zero-order chi connectivity index (χ0) is 15.4. The van der Waals surface area contributed by atoms with Crippen LogP contribution in [0.1, 0.15) is 34.3 Å². The summed E-state index contributed by atoms with van der Waals surface area (Å²) < 4.78 is 5.39. The smallest absolute Gasteiger partial charge is 0.122 e. The van der Waals surface area contributed by atoms with Gasteiger partial charge in [0.2, 0.25) is 0 Å². The summed E-state index contributed by atoms with van der Waals surface area (Å²) in [5.41, 5.74) is 10.1. The summed E-state index contributed by atoms with van der Waals surface area (Å²) in [4.78, 5) is 0. The molecular formula is C18H23NO2. The van der Waals surface area contributed by atoms with Crippen LogP contribution in [-0.2, 0) is 0 Å². The summed E-state index contributed by atoms with van der Waals surface area (Å²) in [5.74, 6) is 0.569. The molecule has 0 aliphatic heterocycles. The van der Waals surface area contributed by atoms with Gasteiger partial charge in [-0.15, -0.1) is 0 Å². The Morgan fingerprint density at radius 3 is 2.43 bits per heavy atom. The lowest BCUT2D eigenvalue weighted by atomic mass is 9.87. The largest absolute Gasteiger partial charge is 0.496 e. The Hall–Kier alpha value is -1.84. The summed E-state index contributed by atoms with van der Waals surface area (Å²) in [6, 6.07) is 13.7. The Morgan fingerprint density at radius 2 is 1.81 bits per heavy atom. The van der Waals surface area contributed by atoms with Gasteiger partial charge >= 0.3 is 0 Å². The number of ether oxygens (including phenoxy) is 1. The number of rotatable bonds is 5. The predicted octanol–water partition coefficient (Wildman–Crippen LogP) is 3.09. The molecule has 2 rings (SSSR count). The van der Waals surface area contributed by atoms with E-state index in [4.69, 9.17) is 10.5 Å². The predicted molar refractivity (Wildman–Crippen MR) is 85.7 cm³/mol. The molecule has 0 fully saturated rings. The summed E-state index contributed by atoms with van der Waals surface area (Å²) in [6.45, 7) is 4.46. The molecule has 21 heavy (non-hydrogen) atoms. The molecule has 3 heteroatoms. The van der Waals surface area contributed by atoms with Crippen molar-refractivity contribution in [1.29, 1.82) is 0 Å². The third kappa shape index (κ3) is 3.26. The zero-order valence-electron chi connectivity index (χ0n) is 12.8. The van der Waals surface area contributed by atoms with Gasteiger partial charge in [-0.25, -0.2) is 0 Å². The molecule has 0 aliphatic rings. The van der Waals surface area contributed by atoms with Crippen molar-refractivity contribution in [2.75, 3.05) is 13.7 Å². The van der Waals surface area contributed by atoms with Crippen molar-refractivity contribution in [2.24, 2.45) is 5.73 Å². The molecule has 112 valence electrons. The maximum Gasteiger partial charge on any atom is 0.122 e. The fraction of sp³-hybridized carbons (Fsp3) is 0.333. The number of hydrogen-bond donors (Lipinski definition) is 2. The highest BCUT2D eigenvalue weighted by Crippen LogP contribution is 2.35. The molecule has 0 saturated carbocycles. The lowest BCUT2D eigenvalue weighted by Crippen LogP contribution is -2.21. The van der Waals surface area contributed by atoms with Crippen LogP contribution in [0, 0.1) is 13.8 Å². The Bertz CT molecular complexity index is 610. The van der Waals surface area contributed by atoms with Crippen molar-refractivity contribution in [3.05, 3.63) is 64.7 Å². The summed E-state index contributed by atoms with van der Waals surface area (Å²) >= 11 is 0. The lowest BCUT2D eigenvalue weighted by Gasteiger charge is -2.24. The first kappa shape index (κ1) is 15.5. The number of hydrogen-bond acceptors (Lipinski definition) is 3. The Morgan fingerprint density at radius 1 is 1.10 bits per heavy atom. The molecule has 0 heterocycles. The van der Waals surface area contributed by atoms with Gasteiger partial charge in [-0.3, -0.25) is 0 Å². The molecule has 3 N–H and O–H groups in total. The number of aliphatic hydroxyl groups is 1. The van der Waals surface area contributed by atoms with Gasteiger partial charge in [-0.1, -0.05) is 36.4 Å². The molecule has 0 amide bonds. The molecule has 2 atom stereocenters. The maximum absolute atomic E-state index is 10.7. The second kappa shape index (κ2) is 6.74. The van der Waals surface area contributed by atoms with Crippen molar-refractivity contribution < 1.29 is 9.84 Å². The van der Waals surface area contributed by atoms with E-state index in [9.17, 15) is 5.11 Å². The van der Waals surface area contributed by atoms with Crippen molar-refractivity contribution >= 4 is 0 Å². The third-order valence-electron chi connectivity index (χ3n) is 4.05. The minimum Gasteiger partial charge on any atom is -0.496 e. The van der Waals surface area contributed by atoms with Crippen LogP contribution < -0.4 is 10.5 Å². The van der Waals surface area contributed by atoms with Crippen molar-refractivity contribution in [1.82, 2.24) is 0 Å². The van der Waals surface area contributed by atoms with Crippen LogP contribution in [0.25, 0.3) is 0 Å². The molecule has 3 nitrogen and oxygen atoms in total. The van der Waals surface area contributed by atoms with Crippen LogP contribution in [0.3, 0.4) is 0 Å². The molecular weight excluding hydrogens is 262 g/mol. The summed E-state index contributed by atoms with van der Waals surface area (Å²) in [5, 5.41) is 10.7. The molecule has 0 saturated heterocycles. The van der Waals surface area contributed by atoms with Crippen LogP contribution in [0.5, 0.6) is 5.75 Å². The van der Waals surface area contributed by atoms with Crippen molar-refractivity contribution in [2.45, 2.75) is 25.9 Å². The molecule has 0 aliphatic carbocycles. The van der Waals surface area contributed by atoms with E-state index in [1.54, 1.807) is 7.11 Å². The van der Waals surface area contributed by atoms with Gasteiger partial charge in [0.25, 0.3) is 0 Å². The van der Waals surface area contributed by atoms with Gasteiger partial charge in [0, 0.05) is 18.0 Å². The van der Waals surface area contributed by atoms with E-state index >= 15 is 0 Å². The number of benzene rings is 2. The summed E-state index contributed by atoms with van der Waals surface area (Å²) in [7, 11) is 1.63. The monoisotopic (exact) mass is 285 g/mol. The van der Waals surface area contributed by atoms with Crippen molar-refractivity contribution in [3.63, 3.8) is 0 Å². The first-order chi connectivity index (χ1) is 10.1. The molecule has 0 spiro atoms. The third-order valence-corrected chi connectivity index (χ3v) is 4.05. The molecule has 0 radical (unpaired) electrons. The normalized spacial score (nSPS) is 13.8. The molecule has 2 aromatic rings. The standard InChI is InChI=1S/C18H23NO2/c1-12-8-9-14(10-13(12)2)18(20)16(11-19)15-6-4-5-7-17(15)21-3/h4-10,16,18,20H,11,19H2,1-3H3. The lowest BCUT2D eigenvalue weighted by molar-refractivity contribution is 0.146. The van der Waals surface area contributed by atoms with Gasteiger partial charge in [-0.05, 0) is 36.6 Å². The second-order valence-electron chi connectivity index (χ2n) is 5.37. The van der Waals surface area contributed by atoms with Gasteiger partial charge in [-0.2, -0.15) is 0 Å². The fourth-order valence-corrected chi connectivity index (χ4v) is 2.58. The molecule has 2 aromatic carbocycles. The first-order valence-electron chi connectivity index (χ1n) is 7.16. The number of nitrogens with two attached hydrogens (primary N) is 1. The zero-order valence-corrected chi connectivity index (χ0v) is 12.8. The van der Waals surface area contributed by atoms with Crippen molar-refractivity contribution in [3.8, 4) is 5.75 Å². The summed E-state index contributed by atoms with van der Waals surface area (Å²) in [6.07, 6.45) is -0.648. The Balaban J connectivity index is 2.38. The highest BCUT2D eigenvalue weighted by molar-refractivity contribution is 5.39. The van der Waals surface area contributed by atoms with E-state index in [1.807, 2.05) is 49.4 Å². The molecule has 0 aromatic heterocycles. The Kier molecular flexibility index (Phi) is 4.99. The van der Waals surface area contributed by atoms with Gasteiger partial charge in [0.05, 0.1) is 13.2 Å². The van der Waals surface area contributed by atoms with E-state index in [0.717, 1.165) is 16.9 Å².